The molecule has 0 unspecified atom stereocenters. The summed E-state index contributed by atoms with van der Waals surface area (Å²) in [6, 6.07) is 12.5. The van der Waals surface area contributed by atoms with E-state index in [1.54, 1.807) is 29.9 Å². The van der Waals surface area contributed by atoms with Crippen LogP contribution in [0.15, 0.2) is 42.5 Å². The molecule has 0 saturated heterocycles. The third-order valence-electron chi connectivity index (χ3n) is 4.13. The molecule has 6 nitrogen and oxygen atoms in total. The number of aromatic carboxylic acids is 1. The molecule has 3 rings (SSSR count). The predicted molar refractivity (Wildman–Crippen MR) is 92.9 cm³/mol. The Bertz CT molecular complexity index is 941. The predicted octanol–water partition coefficient (Wildman–Crippen LogP) is 3.22. The van der Waals surface area contributed by atoms with Gasteiger partial charge >= 0.3 is 5.97 Å². The zero-order chi connectivity index (χ0) is 18.0. The lowest BCUT2D eigenvalue weighted by Crippen LogP contribution is -2.11. The summed E-state index contributed by atoms with van der Waals surface area (Å²) in [5.74, 6) is 0.163. The Labute approximate surface area is 144 Å². The number of benzene rings is 2. The number of hydrogen-bond donors (Lipinski definition) is 1. The van der Waals surface area contributed by atoms with Crippen molar-refractivity contribution >= 4 is 23.2 Å². The lowest BCUT2D eigenvalue weighted by atomic mass is 10.1. The first kappa shape index (κ1) is 16.6. The normalized spacial score (nSPS) is 10.6. The number of aromatic nitrogens is 1. The summed E-state index contributed by atoms with van der Waals surface area (Å²) in [5.41, 5.74) is 1.66. The van der Waals surface area contributed by atoms with E-state index in [1.165, 1.54) is 7.11 Å². The summed E-state index contributed by atoms with van der Waals surface area (Å²) in [5, 5.41) is 10.2. The van der Waals surface area contributed by atoms with Gasteiger partial charge in [0.1, 0.15) is 17.2 Å². The molecule has 128 valence electrons. The van der Waals surface area contributed by atoms with E-state index in [2.05, 4.69) is 0 Å². The Balaban J connectivity index is 2.20. The summed E-state index contributed by atoms with van der Waals surface area (Å²) >= 11 is 0. The molecular formula is C19H17NO5. The maximum Gasteiger partial charge on any atom is 0.353 e. The Kier molecular flexibility index (Phi) is 4.43. The van der Waals surface area contributed by atoms with Crippen LogP contribution >= 0.6 is 0 Å². The Hall–Kier alpha value is -3.28. The number of aldehydes is 1. The van der Waals surface area contributed by atoms with Gasteiger partial charge in [0.2, 0.25) is 0 Å². The smallest absolute Gasteiger partial charge is 0.353 e. The van der Waals surface area contributed by atoms with E-state index in [4.69, 9.17) is 9.47 Å². The van der Waals surface area contributed by atoms with Crippen LogP contribution in [0, 0.1) is 0 Å². The van der Waals surface area contributed by atoms with Gasteiger partial charge in [0.25, 0.3) is 0 Å². The number of carbonyl (C=O) groups excluding carboxylic acids is 1. The first-order chi connectivity index (χ1) is 12.1. The van der Waals surface area contributed by atoms with Gasteiger partial charge in [-0.3, -0.25) is 4.79 Å². The van der Waals surface area contributed by atoms with Gasteiger partial charge in [-0.25, -0.2) is 4.79 Å². The lowest BCUT2D eigenvalue weighted by molar-refractivity contribution is 0.0683. The molecule has 1 aromatic heterocycles. The van der Waals surface area contributed by atoms with Crippen LogP contribution in [0.3, 0.4) is 0 Å². The summed E-state index contributed by atoms with van der Waals surface area (Å²) in [6.07, 6.45) is 0.586. The molecule has 0 aliphatic rings. The van der Waals surface area contributed by atoms with Crippen LogP contribution in [0.1, 0.15) is 26.4 Å². The quantitative estimate of drug-likeness (QED) is 0.698. The van der Waals surface area contributed by atoms with Gasteiger partial charge in [-0.15, -0.1) is 0 Å². The van der Waals surface area contributed by atoms with Crippen molar-refractivity contribution in [1.82, 2.24) is 4.57 Å². The third-order valence-corrected chi connectivity index (χ3v) is 4.13. The number of rotatable bonds is 6. The largest absolute Gasteiger partial charge is 0.497 e. The summed E-state index contributed by atoms with van der Waals surface area (Å²) in [7, 11) is 3.12. The van der Waals surface area contributed by atoms with Crippen LogP contribution in [-0.2, 0) is 6.54 Å². The van der Waals surface area contributed by atoms with Crippen LogP contribution in [0.5, 0.6) is 11.5 Å². The molecule has 25 heavy (non-hydrogen) atoms. The highest BCUT2D eigenvalue weighted by molar-refractivity contribution is 6.08. The summed E-state index contributed by atoms with van der Waals surface area (Å²) in [4.78, 5) is 23.3. The molecule has 1 N–H and O–H groups in total. The minimum atomic E-state index is -1.15. The van der Waals surface area contributed by atoms with E-state index < -0.39 is 5.97 Å². The number of nitrogens with zero attached hydrogens (tertiary/aromatic N) is 1. The van der Waals surface area contributed by atoms with Crippen LogP contribution in [0.2, 0.25) is 0 Å². The number of ether oxygens (including phenoxy) is 2. The van der Waals surface area contributed by atoms with Gasteiger partial charge in [-0.2, -0.15) is 0 Å². The number of carboxylic acids is 1. The fourth-order valence-electron chi connectivity index (χ4n) is 2.91. The van der Waals surface area contributed by atoms with E-state index in [1.807, 2.05) is 24.3 Å². The molecule has 3 aromatic rings. The van der Waals surface area contributed by atoms with Gasteiger partial charge in [0.05, 0.1) is 25.3 Å². The molecular weight excluding hydrogens is 322 g/mol. The number of methoxy groups -OCH3 is 2. The van der Waals surface area contributed by atoms with E-state index >= 15 is 0 Å². The average Bonchev–Trinajstić information content (AvgIpc) is 2.95. The fourth-order valence-corrected chi connectivity index (χ4v) is 2.91. The Morgan fingerprint density at radius 3 is 2.28 bits per heavy atom. The Morgan fingerprint density at radius 1 is 1.08 bits per heavy atom. The van der Waals surface area contributed by atoms with Crippen molar-refractivity contribution in [3.63, 3.8) is 0 Å². The topological polar surface area (TPSA) is 77.8 Å². The maximum absolute atomic E-state index is 11.8. The molecule has 1 heterocycles. The second kappa shape index (κ2) is 6.68. The van der Waals surface area contributed by atoms with Crippen LogP contribution < -0.4 is 9.47 Å². The maximum atomic E-state index is 11.8. The van der Waals surface area contributed by atoms with E-state index in [0.29, 0.717) is 29.5 Å². The number of fused-ring (bicyclic) bond motifs is 1. The van der Waals surface area contributed by atoms with Crippen LogP contribution in [0.4, 0.5) is 0 Å². The molecule has 0 bridgehead atoms. The van der Waals surface area contributed by atoms with Gasteiger partial charge in [0.15, 0.2) is 6.29 Å². The first-order valence-electron chi connectivity index (χ1n) is 7.60. The van der Waals surface area contributed by atoms with Crippen LogP contribution in [-0.4, -0.2) is 36.1 Å². The monoisotopic (exact) mass is 339 g/mol. The van der Waals surface area contributed by atoms with Crippen molar-refractivity contribution in [3.05, 3.63) is 59.3 Å². The average molecular weight is 339 g/mol. The minimum Gasteiger partial charge on any atom is -0.497 e. The van der Waals surface area contributed by atoms with Gasteiger partial charge in [0, 0.05) is 18.0 Å². The first-order valence-corrected chi connectivity index (χ1v) is 7.60. The Morgan fingerprint density at radius 2 is 1.72 bits per heavy atom. The molecule has 0 atom stereocenters. The van der Waals surface area contributed by atoms with E-state index in [-0.39, 0.29) is 11.3 Å². The summed E-state index contributed by atoms with van der Waals surface area (Å²) < 4.78 is 12.0. The molecule has 0 fully saturated rings. The zero-order valence-electron chi connectivity index (χ0n) is 13.9. The summed E-state index contributed by atoms with van der Waals surface area (Å²) in [6.45, 7) is 0.309. The molecule has 2 aromatic carbocycles. The van der Waals surface area contributed by atoms with Crippen molar-refractivity contribution in [2.45, 2.75) is 6.54 Å². The molecule has 0 aliphatic carbocycles. The van der Waals surface area contributed by atoms with Gasteiger partial charge < -0.3 is 19.1 Å². The second-order valence-corrected chi connectivity index (χ2v) is 5.50. The minimum absolute atomic E-state index is 0.0333. The highest BCUT2D eigenvalue weighted by Crippen LogP contribution is 2.29. The van der Waals surface area contributed by atoms with Crippen molar-refractivity contribution in [2.75, 3.05) is 14.2 Å². The molecule has 0 spiro atoms. The molecule has 0 radical (unpaired) electrons. The SMILES string of the molecule is COc1ccc(Cn2c(C(=O)O)c(C=O)c3ccc(OC)cc32)cc1. The van der Waals surface area contributed by atoms with Crippen LogP contribution in [0.25, 0.3) is 10.9 Å². The highest BCUT2D eigenvalue weighted by Gasteiger charge is 2.22. The van der Waals surface area contributed by atoms with Gasteiger partial charge in [-0.1, -0.05) is 12.1 Å². The molecule has 0 aliphatic heterocycles. The highest BCUT2D eigenvalue weighted by atomic mass is 16.5. The van der Waals surface area contributed by atoms with E-state index in [0.717, 1.165) is 11.3 Å². The third kappa shape index (κ3) is 2.94. The zero-order valence-corrected chi connectivity index (χ0v) is 13.9. The van der Waals surface area contributed by atoms with Crippen molar-refractivity contribution < 1.29 is 24.2 Å². The number of carboxylic acid groups (broad SMARTS) is 1. The van der Waals surface area contributed by atoms with Crippen molar-refractivity contribution in [1.29, 1.82) is 0 Å². The molecule has 0 saturated carbocycles. The number of hydrogen-bond acceptors (Lipinski definition) is 4. The second-order valence-electron chi connectivity index (χ2n) is 5.50. The van der Waals surface area contributed by atoms with E-state index in [9.17, 15) is 14.7 Å². The molecule has 0 amide bonds. The van der Waals surface area contributed by atoms with Gasteiger partial charge in [-0.05, 0) is 29.8 Å². The van der Waals surface area contributed by atoms with Crippen molar-refractivity contribution in [2.24, 2.45) is 0 Å². The lowest BCUT2D eigenvalue weighted by Gasteiger charge is -2.10. The van der Waals surface area contributed by atoms with Crippen molar-refractivity contribution in [3.8, 4) is 11.5 Å². The fraction of sp³-hybridized carbons (Fsp3) is 0.158. The molecule has 6 heteroatoms. The number of carbonyl (C=O) groups is 2. The standard InChI is InChI=1S/C19H17NO5/c1-24-13-5-3-12(4-6-13)10-20-17-9-14(25-2)7-8-15(17)16(11-21)18(20)19(22)23/h3-9,11H,10H2,1-2H3,(H,22,23).